The third-order valence-corrected chi connectivity index (χ3v) is 4.33. The zero-order chi connectivity index (χ0) is 12.1. The van der Waals surface area contributed by atoms with E-state index in [0.717, 1.165) is 18.3 Å². The smallest absolute Gasteiger partial charge is 0.157 e. The molecule has 3 nitrogen and oxygen atoms in total. The third-order valence-electron chi connectivity index (χ3n) is 3.41. The van der Waals surface area contributed by atoms with Crippen molar-refractivity contribution in [2.75, 3.05) is 18.9 Å². The van der Waals surface area contributed by atoms with E-state index in [9.17, 15) is 0 Å². The summed E-state index contributed by atoms with van der Waals surface area (Å²) in [6.45, 7) is 6.04. The number of ether oxygens (including phenoxy) is 1. The van der Waals surface area contributed by atoms with Crippen LogP contribution in [-0.4, -0.2) is 35.7 Å². The molecule has 0 atom stereocenters. The molecule has 2 rings (SSSR count). The zero-order valence-corrected chi connectivity index (χ0v) is 11.8. The van der Waals surface area contributed by atoms with Gasteiger partial charge in [0, 0.05) is 11.3 Å². The van der Waals surface area contributed by atoms with Crippen LogP contribution in [-0.2, 0) is 4.74 Å². The first kappa shape index (κ1) is 13.2. The maximum atomic E-state index is 5.80. The molecular formula is C13H24N2OS. The van der Waals surface area contributed by atoms with E-state index in [2.05, 4.69) is 24.2 Å². The average Bonchev–Trinajstić information content (AvgIpc) is 2.76. The third kappa shape index (κ3) is 4.51. The molecule has 1 saturated heterocycles. The summed E-state index contributed by atoms with van der Waals surface area (Å²) in [5.74, 6) is 1.17. The van der Waals surface area contributed by atoms with E-state index in [0.29, 0.717) is 6.10 Å². The van der Waals surface area contributed by atoms with Crippen molar-refractivity contribution in [1.29, 1.82) is 0 Å². The van der Waals surface area contributed by atoms with Crippen molar-refractivity contribution >= 4 is 16.9 Å². The summed E-state index contributed by atoms with van der Waals surface area (Å²) in [6.07, 6.45) is 6.89. The monoisotopic (exact) mass is 256 g/mol. The van der Waals surface area contributed by atoms with Crippen molar-refractivity contribution in [3.8, 4) is 0 Å². The van der Waals surface area contributed by atoms with Crippen molar-refractivity contribution in [2.45, 2.75) is 57.6 Å². The molecule has 17 heavy (non-hydrogen) atoms. The Labute approximate surface area is 109 Å². The molecule has 0 aromatic rings. The molecule has 1 aliphatic heterocycles. The van der Waals surface area contributed by atoms with Gasteiger partial charge in [-0.3, -0.25) is 4.99 Å². The van der Waals surface area contributed by atoms with Crippen molar-refractivity contribution in [2.24, 2.45) is 4.99 Å². The summed E-state index contributed by atoms with van der Waals surface area (Å²) in [7, 11) is 0. The number of nitrogens with zero attached hydrogens (tertiary/aromatic N) is 1. The fraction of sp³-hybridized carbons (Fsp3) is 0.923. The predicted molar refractivity (Wildman–Crippen MR) is 74.8 cm³/mol. The van der Waals surface area contributed by atoms with Crippen LogP contribution in [0, 0.1) is 0 Å². The zero-order valence-electron chi connectivity index (χ0n) is 11.0. The summed E-state index contributed by atoms with van der Waals surface area (Å²) in [5, 5.41) is 4.57. The minimum Gasteiger partial charge on any atom is -0.376 e. The standard InChI is InChI=1S/C13H24N2OS/c1-13(2)7-10-17-12(15-13)14-8-9-16-11-5-3-4-6-11/h11H,3-10H2,1-2H3,(H,14,15). The molecule has 1 saturated carbocycles. The van der Waals surface area contributed by atoms with E-state index in [-0.39, 0.29) is 5.54 Å². The predicted octanol–water partition coefficient (Wildman–Crippen LogP) is 2.81. The highest BCUT2D eigenvalue weighted by molar-refractivity contribution is 8.13. The van der Waals surface area contributed by atoms with Crippen LogP contribution in [0.25, 0.3) is 0 Å². The van der Waals surface area contributed by atoms with Gasteiger partial charge in [-0.2, -0.15) is 0 Å². The summed E-state index contributed by atoms with van der Waals surface area (Å²) in [6, 6.07) is 0. The lowest BCUT2D eigenvalue weighted by molar-refractivity contribution is 0.0643. The number of nitrogens with one attached hydrogen (secondary N) is 1. The van der Waals surface area contributed by atoms with Crippen LogP contribution < -0.4 is 5.32 Å². The van der Waals surface area contributed by atoms with E-state index in [1.807, 2.05) is 11.8 Å². The van der Waals surface area contributed by atoms with Gasteiger partial charge in [0.1, 0.15) is 0 Å². The second-order valence-electron chi connectivity index (χ2n) is 5.57. The summed E-state index contributed by atoms with van der Waals surface area (Å²) in [4.78, 5) is 4.58. The highest BCUT2D eigenvalue weighted by Crippen LogP contribution is 2.22. The van der Waals surface area contributed by atoms with Gasteiger partial charge in [0.15, 0.2) is 5.17 Å². The number of thioether (sulfide) groups is 1. The van der Waals surface area contributed by atoms with Gasteiger partial charge >= 0.3 is 0 Å². The van der Waals surface area contributed by atoms with Crippen LogP contribution in [0.15, 0.2) is 4.99 Å². The largest absolute Gasteiger partial charge is 0.376 e. The lowest BCUT2D eigenvalue weighted by atomic mass is 10.0. The first-order chi connectivity index (χ1) is 8.16. The average molecular weight is 256 g/mol. The number of hydrogen-bond donors (Lipinski definition) is 1. The Morgan fingerprint density at radius 2 is 2.18 bits per heavy atom. The van der Waals surface area contributed by atoms with E-state index in [1.54, 1.807) is 0 Å². The molecule has 0 aromatic heterocycles. The molecule has 2 aliphatic rings. The fourth-order valence-corrected chi connectivity index (χ4v) is 3.63. The van der Waals surface area contributed by atoms with Crippen LogP contribution >= 0.6 is 11.8 Å². The van der Waals surface area contributed by atoms with Gasteiger partial charge in [-0.25, -0.2) is 0 Å². The van der Waals surface area contributed by atoms with Crippen LogP contribution in [0.5, 0.6) is 0 Å². The first-order valence-corrected chi connectivity index (χ1v) is 7.71. The molecule has 1 N–H and O–H groups in total. The van der Waals surface area contributed by atoms with E-state index in [4.69, 9.17) is 4.74 Å². The van der Waals surface area contributed by atoms with Gasteiger partial charge in [-0.05, 0) is 33.1 Å². The first-order valence-electron chi connectivity index (χ1n) is 6.73. The molecule has 0 aromatic carbocycles. The molecule has 0 bridgehead atoms. The molecular weight excluding hydrogens is 232 g/mol. The van der Waals surface area contributed by atoms with Gasteiger partial charge in [0.05, 0.1) is 19.3 Å². The van der Waals surface area contributed by atoms with Gasteiger partial charge < -0.3 is 10.1 Å². The molecule has 1 aliphatic carbocycles. The summed E-state index contributed by atoms with van der Waals surface area (Å²) >= 11 is 1.83. The Kier molecular flexibility index (Phi) is 4.74. The number of amidine groups is 1. The second-order valence-corrected chi connectivity index (χ2v) is 6.66. The number of aliphatic imine (C=N–C) groups is 1. The molecule has 98 valence electrons. The Hall–Kier alpha value is -0.220. The van der Waals surface area contributed by atoms with E-state index >= 15 is 0 Å². The minimum absolute atomic E-state index is 0.205. The fourth-order valence-electron chi connectivity index (χ4n) is 2.30. The van der Waals surface area contributed by atoms with E-state index < -0.39 is 0 Å². The summed E-state index contributed by atoms with van der Waals surface area (Å²) in [5.41, 5.74) is 0.205. The van der Waals surface area contributed by atoms with Crippen molar-refractivity contribution in [3.63, 3.8) is 0 Å². The maximum absolute atomic E-state index is 5.80. The van der Waals surface area contributed by atoms with Gasteiger partial charge in [-0.15, -0.1) is 0 Å². The Morgan fingerprint density at radius 1 is 1.41 bits per heavy atom. The Morgan fingerprint density at radius 3 is 2.88 bits per heavy atom. The van der Waals surface area contributed by atoms with Crippen molar-refractivity contribution < 1.29 is 4.74 Å². The van der Waals surface area contributed by atoms with Crippen LogP contribution in [0.2, 0.25) is 0 Å². The molecule has 1 heterocycles. The Bertz CT molecular complexity index is 273. The van der Waals surface area contributed by atoms with Gasteiger partial charge in [0.25, 0.3) is 0 Å². The van der Waals surface area contributed by atoms with Crippen LogP contribution in [0.1, 0.15) is 46.0 Å². The normalized spacial score (nSPS) is 27.3. The molecule has 0 amide bonds. The van der Waals surface area contributed by atoms with Crippen molar-refractivity contribution in [3.05, 3.63) is 0 Å². The highest BCUT2D eigenvalue weighted by Gasteiger charge is 2.24. The van der Waals surface area contributed by atoms with Gasteiger partial charge in [0.2, 0.25) is 0 Å². The second kappa shape index (κ2) is 6.10. The molecule has 0 unspecified atom stereocenters. The Balaban J connectivity index is 1.65. The molecule has 4 heteroatoms. The maximum Gasteiger partial charge on any atom is 0.157 e. The van der Waals surface area contributed by atoms with E-state index in [1.165, 1.54) is 37.9 Å². The lowest BCUT2D eigenvalue weighted by Gasteiger charge is -2.32. The molecule has 2 fully saturated rings. The topological polar surface area (TPSA) is 33.6 Å². The quantitative estimate of drug-likeness (QED) is 0.785. The van der Waals surface area contributed by atoms with Crippen molar-refractivity contribution in [1.82, 2.24) is 5.32 Å². The summed E-state index contributed by atoms with van der Waals surface area (Å²) < 4.78 is 5.80. The number of rotatable bonds is 4. The van der Waals surface area contributed by atoms with Crippen LogP contribution in [0.3, 0.4) is 0 Å². The lowest BCUT2D eigenvalue weighted by Crippen LogP contribution is -2.46. The SMILES string of the molecule is CC1(C)CCSC(=NCCOC2CCCC2)N1. The minimum atomic E-state index is 0.205. The molecule has 0 spiro atoms. The van der Waals surface area contributed by atoms with Gasteiger partial charge in [-0.1, -0.05) is 24.6 Å². The highest BCUT2D eigenvalue weighted by atomic mass is 32.2. The van der Waals surface area contributed by atoms with Crippen LogP contribution in [0.4, 0.5) is 0 Å². The number of hydrogen-bond acceptors (Lipinski definition) is 3. The molecule has 0 radical (unpaired) electrons.